The van der Waals surface area contributed by atoms with Gasteiger partial charge in [-0.2, -0.15) is 0 Å². The number of carbonyl (C=O) groups excluding carboxylic acids is 1. The number of aliphatic carboxylic acids is 1. The highest BCUT2D eigenvalue weighted by molar-refractivity contribution is 5.95. The summed E-state index contributed by atoms with van der Waals surface area (Å²) in [6.45, 7) is 0. The third-order valence-corrected chi connectivity index (χ3v) is 2.48. The van der Waals surface area contributed by atoms with E-state index >= 15 is 0 Å². The minimum absolute atomic E-state index is 0.0192. The second-order valence-electron chi connectivity index (χ2n) is 4.15. The van der Waals surface area contributed by atoms with Gasteiger partial charge >= 0.3 is 12.1 Å². The van der Waals surface area contributed by atoms with E-state index in [0.29, 0.717) is 0 Å². The predicted molar refractivity (Wildman–Crippen MR) is 73.0 cm³/mol. The van der Waals surface area contributed by atoms with Crippen LogP contribution in [0.5, 0.6) is 5.75 Å². The van der Waals surface area contributed by atoms with Gasteiger partial charge in [-0.05, 0) is 18.6 Å². The van der Waals surface area contributed by atoms with E-state index in [2.05, 4.69) is 10.1 Å². The number of benzene rings is 1. The molecule has 0 unspecified atom stereocenters. The van der Waals surface area contributed by atoms with Crippen molar-refractivity contribution in [3.8, 4) is 5.75 Å². The lowest BCUT2D eigenvalue weighted by Crippen LogP contribution is -2.36. The lowest BCUT2D eigenvalue weighted by atomic mass is 10.1. The lowest BCUT2D eigenvalue weighted by molar-refractivity contribution is -0.137. The smallest absolute Gasteiger partial charge is 0.481 e. The minimum atomic E-state index is -1.54. The van der Waals surface area contributed by atoms with Crippen LogP contribution in [0.2, 0.25) is 0 Å². The molecule has 0 saturated carbocycles. The van der Waals surface area contributed by atoms with Crippen LogP contribution >= 0.6 is 0 Å². The summed E-state index contributed by atoms with van der Waals surface area (Å²) in [5.74, 6) is -1.77. The fourth-order valence-corrected chi connectivity index (χ4v) is 1.44. The molecule has 21 heavy (non-hydrogen) atoms. The third kappa shape index (κ3) is 5.37. The molecule has 0 radical (unpaired) electrons. The average molecular weight is 297 g/mol. The van der Waals surface area contributed by atoms with Gasteiger partial charge in [-0.15, -0.1) is 0 Å². The fraction of sp³-hybridized carbons (Fsp3) is 0.250. The van der Waals surface area contributed by atoms with Crippen LogP contribution in [0.4, 0.5) is 16.2 Å². The van der Waals surface area contributed by atoms with Gasteiger partial charge in [0.15, 0.2) is 5.75 Å². The van der Waals surface area contributed by atoms with Gasteiger partial charge in [-0.1, -0.05) is 0 Å². The first-order chi connectivity index (χ1) is 9.79. The summed E-state index contributed by atoms with van der Waals surface area (Å²) in [7, 11) is 0. The Hall–Kier alpha value is -2.81. The molecule has 0 saturated heterocycles. The number of nitrogen functional groups attached to an aromatic ring is 1. The SMILES string of the molecule is Nc1ccc(NC(=O)[C@@H](N)CCC(=O)O)cc1OC(=O)O. The molecule has 1 amide bonds. The fourth-order valence-electron chi connectivity index (χ4n) is 1.44. The topological polar surface area (TPSA) is 165 Å². The van der Waals surface area contributed by atoms with Crippen LogP contribution in [-0.4, -0.2) is 34.3 Å². The van der Waals surface area contributed by atoms with Gasteiger partial charge in [0, 0.05) is 18.2 Å². The second-order valence-corrected chi connectivity index (χ2v) is 4.15. The summed E-state index contributed by atoms with van der Waals surface area (Å²) in [5, 5.41) is 19.5. The maximum absolute atomic E-state index is 11.7. The molecular weight excluding hydrogens is 282 g/mol. The molecule has 114 valence electrons. The zero-order valence-corrected chi connectivity index (χ0v) is 10.9. The van der Waals surface area contributed by atoms with Crippen LogP contribution in [-0.2, 0) is 9.59 Å². The van der Waals surface area contributed by atoms with Crippen molar-refractivity contribution >= 4 is 29.4 Å². The summed E-state index contributed by atoms with van der Waals surface area (Å²) in [4.78, 5) is 32.6. The number of carboxylic acid groups (broad SMARTS) is 2. The van der Waals surface area contributed by atoms with E-state index in [9.17, 15) is 14.4 Å². The van der Waals surface area contributed by atoms with E-state index < -0.39 is 24.1 Å². The van der Waals surface area contributed by atoms with Crippen molar-refractivity contribution in [1.29, 1.82) is 0 Å². The first kappa shape index (κ1) is 16.2. The molecule has 0 fully saturated rings. The zero-order chi connectivity index (χ0) is 16.0. The zero-order valence-electron chi connectivity index (χ0n) is 10.9. The van der Waals surface area contributed by atoms with E-state index in [0.717, 1.165) is 0 Å². The number of hydrogen-bond donors (Lipinski definition) is 5. The molecule has 0 heterocycles. The predicted octanol–water partition coefficient (Wildman–Crippen LogP) is 0.456. The summed E-state index contributed by atoms with van der Waals surface area (Å²) in [5.41, 5.74) is 11.4. The Bertz CT molecular complexity index is 560. The quantitative estimate of drug-likeness (QED) is 0.287. The molecule has 0 aliphatic heterocycles. The van der Waals surface area contributed by atoms with Crippen molar-refractivity contribution in [1.82, 2.24) is 0 Å². The molecule has 7 N–H and O–H groups in total. The van der Waals surface area contributed by atoms with Crippen LogP contribution in [0.15, 0.2) is 18.2 Å². The molecule has 1 atom stereocenters. The van der Waals surface area contributed by atoms with Gasteiger partial charge in [0.1, 0.15) is 0 Å². The monoisotopic (exact) mass is 297 g/mol. The number of amides is 1. The van der Waals surface area contributed by atoms with Gasteiger partial charge in [-0.25, -0.2) is 4.79 Å². The normalized spacial score (nSPS) is 11.5. The summed E-state index contributed by atoms with van der Waals surface area (Å²) in [6, 6.07) is 3.02. The molecular formula is C12H15N3O6. The average Bonchev–Trinajstić information content (AvgIpc) is 2.39. The van der Waals surface area contributed by atoms with Crippen LogP contribution < -0.4 is 21.5 Å². The highest BCUT2D eigenvalue weighted by Gasteiger charge is 2.16. The largest absolute Gasteiger partial charge is 0.511 e. The van der Waals surface area contributed by atoms with Crippen LogP contribution in [0.1, 0.15) is 12.8 Å². The van der Waals surface area contributed by atoms with Gasteiger partial charge in [0.05, 0.1) is 11.7 Å². The van der Waals surface area contributed by atoms with Crippen molar-refractivity contribution in [3.05, 3.63) is 18.2 Å². The Morgan fingerprint density at radius 3 is 2.52 bits per heavy atom. The number of nitrogens with one attached hydrogen (secondary N) is 1. The summed E-state index contributed by atoms with van der Waals surface area (Å²) in [6.07, 6.45) is -1.79. The van der Waals surface area contributed by atoms with Crippen LogP contribution in [0, 0.1) is 0 Å². The molecule has 0 aliphatic rings. The van der Waals surface area contributed by atoms with Crippen LogP contribution in [0.3, 0.4) is 0 Å². The van der Waals surface area contributed by atoms with Crippen molar-refractivity contribution < 1.29 is 29.3 Å². The number of carbonyl (C=O) groups is 3. The van der Waals surface area contributed by atoms with E-state index in [1.54, 1.807) is 0 Å². The standard InChI is InChI=1S/C12H15N3O6/c13-7-2-1-6(5-9(7)21-12(19)20)15-11(18)8(14)3-4-10(16)17/h1-2,5,8H,3-4,13-14H2,(H,15,18)(H,16,17)(H,19,20)/t8-/m0/s1. The summed E-state index contributed by atoms with van der Waals surface area (Å²) >= 11 is 0. The van der Waals surface area contributed by atoms with Gasteiger partial charge in [-0.3, -0.25) is 9.59 Å². The number of rotatable bonds is 6. The van der Waals surface area contributed by atoms with Crippen molar-refractivity contribution in [3.63, 3.8) is 0 Å². The number of nitrogens with two attached hydrogens (primary N) is 2. The third-order valence-electron chi connectivity index (χ3n) is 2.48. The van der Waals surface area contributed by atoms with Crippen molar-refractivity contribution in [2.45, 2.75) is 18.9 Å². The van der Waals surface area contributed by atoms with Crippen molar-refractivity contribution in [2.75, 3.05) is 11.1 Å². The first-order valence-electron chi connectivity index (χ1n) is 5.88. The minimum Gasteiger partial charge on any atom is -0.481 e. The molecule has 0 aromatic heterocycles. The highest BCUT2D eigenvalue weighted by atomic mass is 16.7. The highest BCUT2D eigenvalue weighted by Crippen LogP contribution is 2.25. The Kier molecular flexibility index (Phi) is 5.49. The second kappa shape index (κ2) is 7.10. The van der Waals surface area contributed by atoms with Gasteiger partial charge in [0.2, 0.25) is 5.91 Å². The Morgan fingerprint density at radius 2 is 1.95 bits per heavy atom. The molecule has 9 heteroatoms. The number of anilines is 2. The molecule has 0 aliphatic carbocycles. The van der Waals surface area contributed by atoms with Crippen molar-refractivity contribution in [2.24, 2.45) is 5.73 Å². The number of ether oxygens (including phenoxy) is 1. The number of hydrogen-bond acceptors (Lipinski definition) is 6. The Morgan fingerprint density at radius 1 is 1.29 bits per heavy atom. The first-order valence-corrected chi connectivity index (χ1v) is 5.88. The van der Waals surface area contributed by atoms with E-state index in [-0.39, 0.29) is 30.0 Å². The molecule has 1 aromatic rings. The van der Waals surface area contributed by atoms with E-state index in [1.807, 2.05) is 0 Å². The van der Waals surface area contributed by atoms with Crippen LogP contribution in [0.25, 0.3) is 0 Å². The summed E-state index contributed by atoms with van der Waals surface area (Å²) < 4.78 is 4.44. The van der Waals surface area contributed by atoms with Gasteiger partial charge in [0.25, 0.3) is 0 Å². The van der Waals surface area contributed by atoms with E-state index in [4.69, 9.17) is 21.7 Å². The molecule has 9 nitrogen and oxygen atoms in total. The van der Waals surface area contributed by atoms with E-state index in [1.165, 1.54) is 18.2 Å². The number of carboxylic acids is 1. The molecule has 0 bridgehead atoms. The Balaban J connectivity index is 2.71. The molecule has 1 aromatic carbocycles. The maximum atomic E-state index is 11.7. The maximum Gasteiger partial charge on any atom is 0.511 e. The van der Waals surface area contributed by atoms with Gasteiger partial charge < -0.3 is 31.7 Å². The molecule has 1 rings (SSSR count). The molecule has 0 spiro atoms. The lowest BCUT2D eigenvalue weighted by Gasteiger charge is -2.12. The Labute approximate surface area is 119 Å².